The van der Waals surface area contributed by atoms with Gasteiger partial charge < -0.3 is 10.5 Å². The monoisotopic (exact) mass is 283 g/mol. The Morgan fingerprint density at radius 1 is 1.16 bits per heavy atom. The lowest BCUT2D eigenvalue weighted by Gasteiger charge is -2.13. The molecule has 0 aliphatic carbocycles. The summed E-state index contributed by atoms with van der Waals surface area (Å²) in [7, 11) is 1.36. The minimum absolute atomic E-state index is 0.123. The predicted molar refractivity (Wildman–Crippen MR) is 72.7 cm³/mol. The molecule has 2 N–H and O–H groups in total. The largest absolute Gasteiger partial charge is 0.497 e. The normalized spacial score (nSPS) is 12.5. The second-order valence-corrected chi connectivity index (χ2v) is 5.66. The van der Waals surface area contributed by atoms with Gasteiger partial charge in [0.1, 0.15) is 17.4 Å². The van der Waals surface area contributed by atoms with E-state index < -0.39 is 17.7 Å². The van der Waals surface area contributed by atoms with Crippen molar-refractivity contribution in [2.24, 2.45) is 5.73 Å². The summed E-state index contributed by atoms with van der Waals surface area (Å²) in [6, 6.07) is 3.36. The van der Waals surface area contributed by atoms with Crippen molar-refractivity contribution in [3.63, 3.8) is 0 Å². The van der Waals surface area contributed by atoms with E-state index in [2.05, 4.69) is 0 Å². The molecule has 5 heteroatoms. The smallest absolute Gasteiger partial charge is 0.134 e. The maximum absolute atomic E-state index is 13.9. The highest BCUT2D eigenvalue weighted by atomic mass is 32.1. The summed E-state index contributed by atoms with van der Waals surface area (Å²) < 4.78 is 32.7. The quantitative estimate of drug-likeness (QED) is 0.932. The van der Waals surface area contributed by atoms with Gasteiger partial charge in [-0.15, -0.1) is 11.3 Å². The Bertz CT molecular complexity index is 567. The van der Waals surface area contributed by atoms with Crippen molar-refractivity contribution in [1.29, 1.82) is 0 Å². The van der Waals surface area contributed by atoms with Crippen LogP contribution in [0.15, 0.2) is 18.2 Å². The summed E-state index contributed by atoms with van der Waals surface area (Å²) in [6.45, 7) is 3.90. The van der Waals surface area contributed by atoms with Crippen molar-refractivity contribution in [1.82, 2.24) is 0 Å². The molecule has 0 fully saturated rings. The zero-order valence-corrected chi connectivity index (χ0v) is 11.8. The number of hydrogen-bond acceptors (Lipinski definition) is 3. The summed E-state index contributed by atoms with van der Waals surface area (Å²) in [5.41, 5.74) is 6.93. The Kier molecular flexibility index (Phi) is 3.87. The zero-order chi connectivity index (χ0) is 14.2. The Hall–Kier alpha value is -1.46. The topological polar surface area (TPSA) is 35.2 Å². The van der Waals surface area contributed by atoms with Crippen LogP contribution in [0.25, 0.3) is 0 Å². The van der Waals surface area contributed by atoms with Crippen molar-refractivity contribution in [3.05, 3.63) is 50.7 Å². The number of thiophene rings is 1. The molecule has 0 radical (unpaired) electrons. The van der Waals surface area contributed by atoms with Gasteiger partial charge in [-0.25, -0.2) is 8.78 Å². The van der Waals surface area contributed by atoms with Gasteiger partial charge in [0.05, 0.1) is 13.2 Å². The van der Waals surface area contributed by atoms with E-state index in [1.807, 2.05) is 19.9 Å². The molecule has 0 spiro atoms. The van der Waals surface area contributed by atoms with E-state index in [1.54, 1.807) is 0 Å². The molecular weight excluding hydrogens is 268 g/mol. The summed E-state index contributed by atoms with van der Waals surface area (Å²) >= 11 is 1.46. The van der Waals surface area contributed by atoms with Crippen LogP contribution in [-0.4, -0.2) is 7.11 Å². The van der Waals surface area contributed by atoms with Crippen molar-refractivity contribution < 1.29 is 13.5 Å². The number of rotatable bonds is 3. The number of benzene rings is 1. The van der Waals surface area contributed by atoms with E-state index >= 15 is 0 Å². The standard InChI is InChI=1S/C14H15F2NOS/c1-7-4-12(19-8(7)2)14(17)13-10(15)5-9(18-3)6-11(13)16/h4-6,14H,17H2,1-3H3. The molecule has 1 aromatic heterocycles. The van der Waals surface area contributed by atoms with Gasteiger partial charge in [0, 0.05) is 27.5 Å². The van der Waals surface area contributed by atoms with E-state index in [-0.39, 0.29) is 11.3 Å². The fourth-order valence-corrected chi connectivity index (χ4v) is 2.93. The van der Waals surface area contributed by atoms with E-state index in [0.29, 0.717) is 0 Å². The maximum Gasteiger partial charge on any atom is 0.134 e. The molecule has 1 heterocycles. The van der Waals surface area contributed by atoms with Crippen LogP contribution in [0, 0.1) is 25.5 Å². The molecule has 2 nitrogen and oxygen atoms in total. The fourth-order valence-electron chi connectivity index (χ4n) is 1.87. The Balaban J connectivity index is 2.46. The van der Waals surface area contributed by atoms with E-state index in [1.165, 1.54) is 18.4 Å². The first-order valence-electron chi connectivity index (χ1n) is 5.79. The van der Waals surface area contributed by atoms with Crippen LogP contribution in [0.3, 0.4) is 0 Å². The number of nitrogens with two attached hydrogens (primary N) is 1. The number of hydrogen-bond donors (Lipinski definition) is 1. The van der Waals surface area contributed by atoms with Gasteiger partial charge in [-0.05, 0) is 25.5 Å². The average molecular weight is 283 g/mol. The van der Waals surface area contributed by atoms with Crippen LogP contribution in [0.4, 0.5) is 8.78 Å². The van der Waals surface area contributed by atoms with E-state index in [0.717, 1.165) is 27.5 Å². The second-order valence-electron chi connectivity index (χ2n) is 4.37. The molecule has 2 aromatic rings. The Labute approximate surface area is 114 Å². The van der Waals surface area contributed by atoms with Crippen LogP contribution in [-0.2, 0) is 0 Å². The fraction of sp³-hybridized carbons (Fsp3) is 0.286. The van der Waals surface area contributed by atoms with Crippen LogP contribution in [0.2, 0.25) is 0 Å². The second kappa shape index (κ2) is 5.27. The summed E-state index contributed by atoms with van der Waals surface area (Å²) in [4.78, 5) is 1.85. The molecule has 19 heavy (non-hydrogen) atoms. The third-order valence-corrected chi connectivity index (χ3v) is 4.33. The molecular formula is C14H15F2NOS. The molecule has 2 rings (SSSR count). The molecule has 0 aliphatic rings. The molecule has 0 bridgehead atoms. The highest BCUT2D eigenvalue weighted by Crippen LogP contribution is 2.33. The van der Waals surface area contributed by atoms with Crippen molar-refractivity contribution in [2.45, 2.75) is 19.9 Å². The average Bonchev–Trinajstić information content (AvgIpc) is 2.68. The zero-order valence-electron chi connectivity index (χ0n) is 11.0. The first-order valence-corrected chi connectivity index (χ1v) is 6.61. The lowest BCUT2D eigenvalue weighted by molar-refractivity contribution is 0.404. The first-order chi connectivity index (χ1) is 8.93. The van der Waals surface area contributed by atoms with Crippen LogP contribution >= 0.6 is 11.3 Å². The molecule has 0 saturated heterocycles. The number of halogens is 2. The number of ether oxygens (including phenoxy) is 1. The van der Waals surface area contributed by atoms with Gasteiger partial charge in [-0.2, -0.15) is 0 Å². The summed E-state index contributed by atoms with van der Waals surface area (Å²) in [6.07, 6.45) is 0. The van der Waals surface area contributed by atoms with Crippen molar-refractivity contribution in [2.75, 3.05) is 7.11 Å². The minimum atomic E-state index is -0.802. The third kappa shape index (κ3) is 2.62. The lowest BCUT2D eigenvalue weighted by Crippen LogP contribution is -2.14. The van der Waals surface area contributed by atoms with Gasteiger partial charge in [0.25, 0.3) is 0 Å². The van der Waals surface area contributed by atoms with E-state index in [9.17, 15) is 8.78 Å². The van der Waals surface area contributed by atoms with Crippen molar-refractivity contribution >= 4 is 11.3 Å². The highest BCUT2D eigenvalue weighted by molar-refractivity contribution is 7.12. The van der Waals surface area contributed by atoms with Gasteiger partial charge in [-0.3, -0.25) is 0 Å². The van der Waals surface area contributed by atoms with Gasteiger partial charge in [0.15, 0.2) is 0 Å². The lowest BCUT2D eigenvalue weighted by atomic mass is 10.0. The third-order valence-electron chi connectivity index (χ3n) is 3.09. The molecule has 1 unspecified atom stereocenters. The van der Waals surface area contributed by atoms with Crippen LogP contribution < -0.4 is 10.5 Å². The molecule has 102 valence electrons. The van der Waals surface area contributed by atoms with Gasteiger partial charge >= 0.3 is 0 Å². The summed E-state index contributed by atoms with van der Waals surface area (Å²) in [5.74, 6) is -1.23. The molecule has 1 atom stereocenters. The van der Waals surface area contributed by atoms with E-state index in [4.69, 9.17) is 10.5 Å². The van der Waals surface area contributed by atoms with Gasteiger partial charge in [0.2, 0.25) is 0 Å². The van der Waals surface area contributed by atoms with Crippen molar-refractivity contribution in [3.8, 4) is 5.75 Å². The minimum Gasteiger partial charge on any atom is -0.497 e. The Morgan fingerprint density at radius 2 is 1.74 bits per heavy atom. The number of aryl methyl sites for hydroxylation is 2. The summed E-state index contributed by atoms with van der Waals surface area (Å²) in [5, 5.41) is 0. The number of methoxy groups -OCH3 is 1. The molecule has 0 saturated carbocycles. The first kappa shape index (κ1) is 14.0. The van der Waals surface area contributed by atoms with Crippen LogP contribution in [0.5, 0.6) is 5.75 Å². The Morgan fingerprint density at radius 3 is 2.16 bits per heavy atom. The SMILES string of the molecule is COc1cc(F)c(C(N)c2cc(C)c(C)s2)c(F)c1. The highest BCUT2D eigenvalue weighted by Gasteiger charge is 2.21. The van der Waals surface area contributed by atoms with Crippen LogP contribution in [0.1, 0.15) is 26.9 Å². The molecule has 0 aliphatic heterocycles. The predicted octanol–water partition coefficient (Wildman–Crippen LogP) is 3.70. The molecule has 1 aromatic carbocycles. The maximum atomic E-state index is 13.9. The van der Waals surface area contributed by atoms with Gasteiger partial charge in [-0.1, -0.05) is 0 Å². The molecule has 0 amide bonds.